The molecule has 0 unspecified atom stereocenters. The van der Waals surface area contributed by atoms with E-state index in [1.807, 2.05) is 18.2 Å². The average Bonchev–Trinajstić information content (AvgIpc) is 2.50. The quantitative estimate of drug-likeness (QED) is 0.859. The molecule has 126 valence electrons. The Morgan fingerprint density at radius 2 is 1.86 bits per heavy atom. The van der Waals surface area contributed by atoms with Crippen molar-refractivity contribution >= 4 is 36.4 Å². The van der Waals surface area contributed by atoms with E-state index in [0.29, 0.717) is 6.04 Å². The second-order valence-corrected chi connectivity index (χ2v) is 5.62. The third-order valence-corrected chi connectivity index (χ3v) is 4.09. The smallest absolute Gasteiger partial charge is 0.238 e. The molecule has 4 nitrogen and oxygen atoms in total. The zero-order valence-corrected chi connectivity index (χ0v) is 14.7. The maximum atomic E-state index is 11.5. The summed E-state index contributed by atoms with van der Waals surface area (Å²) in [6.45, 7) is 0.887. The van der Waals surface area contributed by atoms with Crippen molar-refractivity contribution in [3.63, 3.8) is 0 Å². The van der Waals surface area contributed by atoms with Gasteiger partial charge in [-0.2, -0.15) is 0 Å². The lowest BCUT2D eigenvalue weighted by Crippen LogP contribution is -2.33. The second-order valence-electron chi connectivity index (χ2n) is 5.62. The van der Waals surface area contributed by atoms with Crippen molar-refractivity contribution in [2.45, 2.75) is 44.7 Å². The molecular formula is C16H27Cl2N3O. The number of hydrogen-bond donors (Lipinski definition) is 2. The molecule has 0 spiro atoms. The molecule has 0 atom stereocenters. The topological polar surface area (TPSA) is 58.4 Å². The lowest BCUT2D eigenvalue weighted by molar-refractivity contribution is -0.114. The Morgan fingerprint density at radius 1 is 1.23 bits per heavy atom. The van der Waals surface area contributed by atoms with E-state index in [1.165, 1.54) is 32.1 Å². The van der Waals surface area contributed by atoms with Crippen LogP contribution in [-0.4, -0.2) is 30.4 Å². The van der Waals surface area contributed by atoms with E-state index in [2.05, 4.69) is 23.3 Å². The molecule has 1 aliphatic carbocycles. The van der Waals surface area contributed by atoms with E-state index in [4.69, 9.17) is 5.73 Å². The Labute approximate surface area is 145 Å². The number of amides is 1. The fourth-order valence-electron chi connectivity index (χ4n) is 2.90. The first-order valence-electron chi connectivity index (χ1n) is 7.48. The summed E-state index contributed by atoms with van der Waals surface area (Å²) in [5, 5.41) is 2.88. The molecule has 1 fully saturated rings. The van der Waals surface area contributed by atoms with E-state index < -0.39 is 0 Å². The van der Waals surface area contributed by atoms with Gasteiger partial charge in [-0.05, 0) is 31.5 Å². The van der Waals surface area contributed by atoms with Crippen LogP contribution in [0.3, 0.4) is 0 Å². The number of carbonyl (C=O) groups excluding carboxylic acids is 1. The molecule has 1 amide bonds. The highest BCUT2D eigenvalue weighted by atomic mass is 35.5. The van der Waals surface area contributed by atoms with Crippen molar-refractivity contribution in [2.24, 2.45) is 5.73 Å². The van der Waals surface area contributed by atoms with Crippen LogP contribution in [0.2, 0.25) is 0 Å². The monoisotopic (exact) mass is 347 g/mol. The minimum absolute atomic E-state index is 0. The van der Waals surface area contributed by atoms with Crippen molar-refractivity contribution in [3.05, 3.63) is 29.8 Å². The summed E-state index contributed by atoms with van der Waals surface area (Å²) in [5.74, 6) is -0.141. The first kappa shape index (κ1) is 21.2. The highest BCUT2D eigenvalue weighted by molar-refractivity contribution is 5.92. The van der Waals surface area contributed by atoms with E-state index in [-0.39, 0.29) is 37.3 Å². The molecule has 0 heterocycles. The van der Waals surface area contributed by atoms with E-state index in [0.717, 1.165) is 17.8 Å². The molecule has 6 heteroatoms. The Hall–Kier alpha value is -0.810. The van der Waals surface area contributed by atoms with E-state index >= 15 is 0 Å². The van der Waals surface area contributed by atoms with Crippen molar-refractivity contribution in [1.29, 1.82) is 0 Å². The van der Waals surface area contributed by atoms with Gasteiger partial charge in [-0.1, -0.05) is 37.5 Å². The minimum Gasteiger partial charge on any atom is -0.325 e. The number of anilines is 1. The summed E-state index contributed by atoms with van der Waals surface area (Å²) < 4.78 is 0. The van der Waals surface area contributed by atoms with Gasteiger partial charge in [0.25, 0.3) is 0 Å². The van der Waals surface area contributed by atoms with Gasteiger partial charge in [-0.3, -0.25) is 9.69 Å². The predicted octanol–water partition coefficient (Wildman–Crippen LogP) is 3.19. The van der Waals surface area contributed by atoms with Gasteiger partial charge in [0.05, 0.1) is 6.54 Å². The van der Waals surface area contributed by atoms with Crippen LogP contribution in [0.5, 0.6) is 0 Å². The molecule has 22 heavy (non-hydrogen) atoms. The number of benzene rings is 1. The van der Waals surface area contributed by atoms with Crippen molar-refractivity contribution < 1.29 is 4.79 Å². The van der Waals surface area contributed by atoms with Crippen LogP contribution >= 0.6 is 24.8 Å². The third-order valence-electron chi connectivity index (χ3n) is 4.09. The van der Waals surface area contributed by atoms with Crippen LogP contribution in [0.1, 0.15) is 37.7 Å². The summed E-state index contributed by atoms with van der Waals surface area (Å²) in [4.78, 5) is 13.9. The second kappa shape index (κ2) is 10.8. The predicted molar refractivity (Wildman–Crippen MR) is 97.0 cm³/mol. The van der Waals surface area contributed by atoms with Gasteiger partial charge in [0.1, 0.15) is 0 Å². The Balaban J connectivity index is 0.00000220. The van der Waals surface area contributed by atoms with Crippen LogP contribution in [-0.2, 0) is 11.3 Å². The van der Waals surface area contributed by atoms with Crippen LogP contribution in [0.15, 0.2) is 24.3 Å². The molecule has 0 aromatic heterocycles. The Bertz CT molecular complexity index is 451. The molecule has 0 aliphatic heterocycles. The molecular weight excluding hydrogens is 321 g/mol. The minimum atomic E-state index is -0.141. The number of nitrogens with two attached hydrogens (primary N) is 1. The van der Waals surface area contributed by atoms with Gasteiger partial charge >= 0.3 is 0 Å². The maximum Gasteiger partial charge on any atom is 0.238 e. The Morgan fingerprint density at radius 3 is 2.50 bits per heavy atom. The van der Waals surface area contributed by atoms with Crippen LogP contribution < -0.4 is 11.1 Å². The normalized spacial score (nSPS) is 14.9. The number of halogens is 2. The van der Waals surface area contributed by atoms with Crippen LogP contribution in [0.4, 0.5) is 5.69 Å². The fraction of sp³-hybridized carbons (Fsp3) is 0.562. The number of rotatable bonds is 5. The highest BCUT2D eigenvalue weighted by Crippen LogP contribution is 2.24. The number of hydrogen-bond acceptors (Lipinski definition) is 3. The first-order valence-corrected chi connectivity index (χ1v) is 7.48. The van der Waals surface area contributed by atoms with Crippen molar-refractivity contribution in [2.75, 3.05) is 18.9 Å². The highest BCUT2D eigenvalue weighted by Gasteiger charge is 2.18. The van der Waals surface area contributed by atoms with E-state index in [1.54, 1.807) is 0 Å². The molecule has 1 saturated carbocycles. The number of carbonyl (C=O) groups is 1. The van der Waals surface area contributed by atoms with Gasteiger partial charge in [0, 0.05) is 18.3 Å². The summed E-state index contributed by atoms with van der Waals surface area (Å²) in [6, 6.07) is 8.64. The molecule has 1 aromatic carbocycles. The summed E-state index contributed by atoms with van der Waals surface area (Å²) >= 11 is 0. The zero-order valence-electron chi connectivity index (χ0n) is 13.1. The fourth-order valence-corrected chi connectivity index (χ4v) is 2.90. The lowest BCUT2D eigenvalue weighted by atomic mass is 9.94. The molecule has 0 bridgehead atoms. The zero-order chi connectivity index (χ0) is 14.4. The molecule has 1 aliphatic rings. The molecule has 2 rings (SSSR count). The van der Waals surface area contributed by atoms with Crippen LogP contribution in [0.25, 0.3) is 0 Å². The molecule has 0 saturated heterocycles. The lowest BCUT2D eigenvalue weighted by Gasteiger charge is -2.31. The number of nitrogens with one attached hydrogen (secondary N) is 1. The van der Waals surface area contributed by atoms with Crippen LogP contribution in [0, 0.1) is 0 Å². The molecule has 0 radical (unpaired) electrons. The van der Waals surface area contributed by atoms with Crippen molar-refractivity contribution in [3.8, 4) is 0 Å². The average molecular weight is 348 g/mol. The first-order chi connectivity index (χ1) is 9.70. The Kier molecular flexibility index (Phi) is 10.4. The SMILES string of the molecule is CN(Cc1ccccc1NC(=O)CN)C1CCCCC1.Cl.Cl. The third kappa shape index (κ3) is 6.13. The largest absolute Gasteiger partial charge is 0.325 e. The van der Waals surface area contributed by atoms with Gasteiger partial charge in [0.15, 0.2) is 0 Å². The summed E-state index contributed by atoms with van der Waals surface area (Å²) in [6.07, 6.45) is 6.61. The van der Waals surface area contributed by atoms with Gasteiger partial charge < -0.3 is 11.1 Å². The van der Waals surface area contributed by atoms with Gasteiger partial charge in [0.2, 0.25) is 5.91 Å². The van der Waals surface area contributed by atoms with Gasteiger partial charge in [-0.15, -0.1) is 24.8 Å². The molecule has 3 N–H and O–H groups in total. The van der Waals surface area contributed by atoms with Gasteiger partial charge in [-0.25, -0.2) is 0 Å². The standard InChI is InChI=1S/C16H25N3O.2ClH/c1-19(14-8-3-2-4-9-14)12-13-7-5-6-10-15(13)18-16(20)11-17;;/h5-7,10,14H,2-4,8-9,11-12,17H2,1H3,(H,18,20);2*1H. The summed E-state index contributed by atoms with van der Waals surface area (Å²) in [7, 11) is 2.18. The number of para-hydroxylation sites is 1. The van der Waals surface area contributed by atoms with Crippen molar-refractivity contribution in [1.82, 2.24) is 4.90 Å². The van der Waals surface area contributed by atoms with E-state index in [9.17, 15) is 4.79 Å². The molecule has 1 aromatic rings. The maximum absolute atomic E-state index is 11.5. The number of nitrogens with zero attached hydrogens (tertiary/aromatic N) is 1. The summed E-state index contributed by atoms with van der Waals surface area (Å²) in [5.41, 5.74) is 7.40.